The topological polar surface area (TPSA) is 111 Å². The van der Waals surface area contributed by atoms with Crippen LogP contribution in [0.25, 0.3) is 33.4 Å². The van der Waals surface area contributed by atoms with Crippen molar-refractivity contribution in [2.75, 3.05) is 44.6 Å². The SMILES string of the molecule is N=c1ccc2c(-c3cc(C(=O)NCCOCCOCCCCCCCl)ccc3C(F)(F)F)c3ccc(N)cc3oc-2c1. The van der Waals surface area contributed by atoms with Crippen molar-refractivity contribution in [3.05, 3.63) is 71.1 Å². The van der Waals surface area contributed by atoms with E-state index in [1.165, 1.54) is 24.3 Å². The summed E-state index contributed by atoms with van der Waals surface area (Å²) in [5.41, 5.74) is 6.13. The average Bonchev–Trinajstić information content (AvgIpc) is 2.95. The highest BCUT2D eigenvalue weighted by molar-refractivity contribution is 6.17. The highest BCUT2D eigenvalue weighted by Gasteiger charge is 2.35. The van der Waals surface area contributed by atoms with E-state index in [-0.39, 0.29) is 46.5 Å². The van der Waals surface area contributed by atoms with Gasteiger partial charge in [0.25, 0.3) is 5.91 Å². The van der Waals surface area contributed by atoms with Crippen LogP contribution < -0.4 is 16.4 Å². The first-order chi connectivity index (χ1) is 20.2. The number of amides is 1. The number of hydrogen-bond acceptors (Lipinski definition) is 6. The van der Waals surface area contributed by atoms with Gasteiger partial charge < -0.3 is 30.4 Å². The third kappa shape index (κ3) is 8.02. The zero-order chi connectivity index (χ0) is 30.1. The van der Waals surface area contributed by atoms with E-state index in [1.807, 2.05) is 0 Å². The average molecular weight is 604 g/mol. The number of ether oxygens (including phenoxy) is 2. The molecule has 0 spiro atoms. The first kappa shape index (κ1) is 31.3. The summed E-state index contributed by atoms with van der Waals surface area (Å²) in [6, 6.07) is 12.4. The number of nitrogens with one attached hydrogen (secondary N) is 2. The molecule has 0 fully saturated rings. The lowest BCUT2D eigenvalue weighted by molar-refractivity contribution is -0.137. The van der Waals surface area contributed by atoms with E-state index in [9.17, 15) is 18.0 Å². The molecule has 0 saturated carbocycles. The quantitative estimate of drug-likeness (QED) is 0.0632. The van der Waals surface area contributed by atoms with E-state index < -0.39 is 17.6 Å². The number of carbonyl (C=O) groups is 1. The van der Waals surface area contributed by atoms with Crippen LogP contribution in [0.3, 0.4) is 0 Å². The molecular formula is C31H33ClF3N3O4. The second-order valence-electron chi connectivity index (χ2n) is 9.79. The van der Waals surface area contributed by atoms with Crippen LogP contribution in [0.4, 0.5) is 18.9 Å². The Morgan fingerprint density at radius 2 is 1.67 bits per heavy atom. The Bertz CT molecular complexity index is 1540. The van der Waals surface area contributed by atoms with Crippen molar-refractivity contribution in [3.63, 3.8) is 0 Å². The summed E-state index contributed by atoms with van der Waals surface area (Å²) in [6.45, 7) is 1.85. The number of anilines is 1. The number of halogens is 4. The minimum atomic E-state index is -4.70. The molecule has 11 heteroatoms. The zero-order valence-corrected chi connectivity index (χ0v) is 23.7. The van der Waals surface area contributed by atoms with Gasteiger partial charge >= 0.3 is 6.18 Å². The van der Waals surface area contributed by atoms with E-state index in [0.717, 1.165) is 37.8 Å². The number of nitrogens with two attached hydrogens (primary N) is 1. The predicted octanol–water partition coefficient (Wildman–Crippen LogP) is 6.85. The van der Waals surface area contributed by atoms with E-state index in [1.54, 1.807) is 18.2 Å². The van der Waals surface area contributed by atoms with Crippen molar-refractivity contribution in [2.45, 2.75) is 31.9 Å². The highest BCUT2D eigenvalue weighted by Crippen LogP contribution is 2.45. The number of unbranched alkanes of at least 4 members (excludes halogenated alkanes) is 3. The fraction of sp³-hybridized carbons (Fsp3) is 0.355. The van der Waals surface area contributed by atoms with E-state index in [2.05, 4.69) is 5.32 Å². The van der Waals surface area contributed by atoms with Gasteiger partial charge in [-0.15, -0.1) is 11.6 Å². The summed E-state index contributed by atoms with van der Waals surface area (Å²) in [5.74, 6) is 0.368. The standard InChI is InChI=1S/C31H33ClF3N3O4/c32-11-3-1-2-4-13-40-15-16-41-14-12-38-30(39)20-5-10-26(31(33,34)35)25(17-20)29-23-8-6-21(36)18-27(23)42-28-19-22(37)7-9-24(28)29/h5-10,17-19,36H,1-4,11-16,37H2,(H,38,39). The number of rotatable bonds is 14. The minimum Gasteiger partial charge on any atom is -0.456 e. The number of hydrogen-bond donors (Lipinski definition) is 3. The highest BCUT2D eigenvalue weighted by atomic mass is 35.5. The van der Waals surface area contributed by atoms with Crippen LogP contribution in [-0.2, 0) is 15.7 Å². The molecule has 2 aromatic carbocycles. The molecule has 1 aliphatic heterocycles. The summed E-state index contributed by atoms with van der Waals surface area (Å²) in [7, 11) is 0. The Balaban J connectivity index is 1.50. The van der Waals surface area contributed by atoms with Crippen LogP contribution in [0.1, 0.15) is 41.6 Å². The maximum Gasteiger partial charge on any atom is 0.417 e. The largest absolute Gasteiger partial charge is 0.456 e. The van der Waals surface area contributed by atoms with Gasteiger partial charge in [-0.25, -0.2) is 0 Å². The Hall–Kier alpha value is -3.60. The maximum absolute atomic E-state index is 14.3. The van der Waals surface area contributed by atoms with Gasteiger partial charge in [0, 0.05) is 58.9 Å². The lowest BCUT2D eigenvalue weighted by atomic mass is 9.89. The lowest BCUT2D eigenvalue weighted by Gasteiger charge is -2.20. The van der Waals surface area contributed by atoms with Crippen LogP contribution in [0.15, 0.2) is 59.0 Å². The maximum atomic E-state index is 14.3. The van der Waals surface area contributed by atoms with Gasteiger partial charge in [0.2, 0.25) is 0 Å². The molecule has 1 aliphatic carbocycles. The number of carbonyl (C=O) groups excluding carboxylic acids is 1. The normalized spacial score (nSPS) is 11.8. The van der Waals surface area contributed by atoms with Crippen molar-refractivity contribution in [3.8, 4) is 22.5 Å². The molecular weight excluding hydrogens is 571 g/mol. The first-order valence-electron chi connectivity index (χ1n) is 13.7. The van der Waals surface area contributed by atoms with Gasteiger partial charge in [0.15, 0.2) is 0 Å². The van der Waals surface area contributed by atoms with Crippen molar-refractivity contribution in [1.82, 2.24) is 5.32 Å². The van der Waals surface area contributed by atoms with Crippen molar-refractivity contribution in [2.24, 2.45) is 0 Å². The molecule has 0 bridgehead atoms. The molecule has 2 aliphatic rings. The van der Waals surface area contributed by atoms with Gasteiger partial charge in [0.1, 0.15) is 11.3 Å². The number of fused-ring (bicyclic) bond motifs is 2. The molecule has 1 amide bonds. The molecule has 7 nitrogen and oxygen atoms in total. The smallest absolute Gasteiger partial charge is 0.417 e. The Labute approximate surface area is 246 Å². The van der Waals surface area contributed by atoms with Crippen molar-refractivity contribution in [1.29, 1.82) is 5.41 Å². The molecule has 0 unspecified atom stereocenters. The van der Waals surface area contributed by atoms with Gasteiger partial charge in [0.05, 0.1) is 30.7 Å². The molecule has 4 rings (SSSR count). The Kier molecular flexibility index (Phi) is 10.8. The first-order valence-corrected chi connectivity index (χ1v) is 14.2. The monoisotopic (exact) mass is 603 g/mol. The molecule has 1 heterocycles. The molecule has 0 radical (unpaired) electrons. The minimum absolute atomic E-state index is 0.0603. The predicted molar refractivity (Wildman–Crippen MR) is 157 cm³/mol. The fourth-order valence-corrected chi connectivity index (χ4v) is 4.84. The second kappa shape index (κ2) is 14.5. The van der Waals surface area contributed by atoms with Gasteiger partial charge in [-0.3, -0.25) is 4.79 Å². The lowest BCUT2D eigenvalue weighted by Crippen LogP contribution is -2.28. The summed E-state index contributed by atoms with van der Waals surface area (Å²) < 4.78 is 59.7. The van der Waals surface area contributed by atoms with Crippen LogP contribution in [0.2, 0.25) is 0 Å². The van der Waals surface area contributed by atoms with E-state index >= 15 is 0 Å². The van der Waals surface area contributed by atoms with Crippen LogP contribution in [0.5, 0.6) is 0 Å². The van der Waals surface area contributed by atoms with Crippen LogP contribution >= 0.6 is 11.6 Å². The second-order valence-corrected chi connectivity index (χ2v) is 10.2. The molecule has 0 aromatic heterocycles. The number of alkyl halides is 4. The Morgan fingerprint density at radius 3 is 2.43 bits per heavy atom. The summed E-state index contributed by atoms with van der Waals surface area (Å²) in [4.78, 5) is 12.9. The van der Waals surface area contributed by atoms with Crippen molar-refractivity contribution >= 4 is 34.2 Å². The Morgan fingerprint density at radius 1 is 0.905 bits per heavy atom. The van der Waals surface area contributed by atoms with Crippen LogP contribution in [0, 0.1) is 5.41 Å². The fourth-order valence-electron chi connectivity index (χ4n) is 4.65. The van der Waals surface area contributed by atoms with Gasteiger partial charge in [-0.1, -0.05) is 12.8 Å². The van der Waals surface area contributed by atoms with Crippen molar-refractivity contribution < 1.29 is 31.9 Å². The summed E-state index contributed by atoms with van der Waals surface area (Å²) >= 11 is 5.65. The molecule has 0 atom stereocenters. The molecule has 4 N–H and O–H groups in total. The molecule has 224 valence electrons. The summed E-state index contributed by atoms with van der Waals surface area (Å²) in [6.07, 6.45) is -0.578. The summed E-state index contributed by atoms with van der Waals surface area (Å²) in [5, 5.41) is 11.2. The number of nitrogen functional groups attached to an aromatic ring is 1. The van der Waals surface area contributed by atoms with E-state index in [4.69, 9.17) is 36.6 Å². The van der Waals surface area contributed by atoms with Gasteiger partial charge in [-0.2, -0.15) is 13.2 Å². The third-order valence-corrected chi connectivity index (χ3v) is 6.95. The molecule has 42 heavy (non-hydrogen) atoms. The molecule has 0 saturated heterocycles. The van der Waals surface area contributed by atoms with Crippen LogP contribution in [-0.4, -0.2) is 44.8 Å². The zero-order valence-electron chi connectivity index (χ0n) is 23.0. The molecule has 2 aromatic rings. The third-order valence-electron chi connectivity index (χ3n) is 6.68. The van der Waals surface area contributed by atoms with E-state index in [0.29, 0.717) is 42.3 Å². The van der Waals surface area contributed by atoms with Gasteiger partial charge in [-0.05, 0) is 60.9 Å². The number of benzene rings is 3.